The lowest BCUT2D eigenvalue weighted by molar-refractivity contribution is -0.119. The van der Waals surface area contributed by atoms with Gasteiger partial charge in [0.25, 0.3) is 5.91 Å². The zero-order valence-corrected chi connectivity index (χ0v) is 9.95. The molecule has 2 amide bonds. The Balaban J connectivity index is 2.68. The highest BCUT2D eigenvalue weighted by Gasteiger charge is 2.24. The highest BCUT2D eigenvalue weighted by atomic mass is 16.4. The molecule has 0 atom stereocenters. The number of nitrogens with two attached hydrogens (primary N) is 2. The smallest absolute Gasteiger partial charge is 0.287 e. The first-order valence-corrected chi connectivity index (χ1v) is 5.23. The second-order valence-corrected chi connectivity index (χ2v) is 4.45. The van der Waals surface area contributed by atoms with Gasteiger partial charge in [0.2, 0.25) is 5.91 Å². The van der Waals surface area contributed by atoms with E-state index >= 15 is 0 Å². The first-order valence-electron chi connectivity index (χ1n) is 5.23. The van der Waals surface area contributed by atoms with E-state index in [-0.39, 0.29) is 18.7 Å². The van der Waals surface area contributed by atoms with E-state index in [0.717, 1.165) is 0 Å². The van der Waals surface area contributed by atoms with Crippen molar-refractivity contribution in [2.45, 2.75) is 32.4 Å². The third kappa shape index (κ3) is 3.92. The Morgan fingerprint density at radius 2 is 2.06 bits per heavy atom. The van der Waals surface area contributed by atoms with Crippen LogP contribution in [0.4, 0.5) is 0 Å². The van der Waals surface area contributed by atoms with E-state index < -0.39 is 17.4 Å². The lowest BCUT2D eigenvalue weighted by Crippen LogP contribution is -2.45. The second-order valence-electron chi connectivity index (χ2n) is 4.45. The van der Waals surface area contributed by atoms with E-state index in [2.05, 4.69) is 5.32 Å². The molecular formula is C11H17N3O3. The van der Waals surface area contributed by atoms with Crippen molar-refractivity contribution in [3.05, 3.63) is 23.7 Å². The summed E-state index contributed by atoms with van der Waals surface area (Å²) in [5, 5.41) is 2.67. The number of carbonyl (C=O) groups excluding carboxylic acids is 2. The van der Waals surface area contributed by atoms with Gasteiger partial charge in [0.15, 0.2) is 5.76 Å². The lowest BCUT2D eigenvalue weighted by atomic mass is 10.0. The molecular weight excluding hydrogens is 222 g/mol. The molecule has 1 heterocycles. The molecule has 94 valence electrons. The molecule has 0 bridgehead atoms. The fraction of sp³-hybridized carbons (Fsp3) is 0.455. The largest absolute Gasteiger partial charge is 0.455 e. The maximum atomic E-state index is 11.8. The number of amides is 2. The molecule has 1 aromatic rings. The maximum absolute atomic E-state index is 11.8. The van der Waals surface area contributed by atoms with Crippen molar-refractivity contribution >= 4 is 11.8 Å². The van der Waals surface area contributed by atoms with Crippen LogP contribution < -0.4 is 16.8 Å². The van der Waals surface area contributed by atoms with E-state index in [1.807, 2.05) is 0 Å². The van der Waals surface area contributed by atoms with Gasteiger partial charge < -0.3 is 21.2 Å². The van der Waals surface area contributed by atoms with Crippen molar-refractivity contribution < 1.29 is 14.0 Å². The Morgan fingerprint density at radius 3 is 2.53 bits per heavy atom. The van der Waals surface area contributed by atoms with E-state index in [4.69, 9.17) is 15.9 Å². The van der Waals surface area contributed by atoms with Crippen LogP contribution in [0.3, 0.4) is 0 Å². The van der Waals surface area contributed by atoms with Gasteiger partial charge in [0.05, 0.1) is 6.54 Å². The molecule has 0 aliphatic heterocycles. The molecule has 0 saturated carbocycles. The van der Waals surface area contributed by atoms with Crippen molar-refractivity contribution in [1.82, 2.24) is 5.32 Å². The average Bonchev–Trinajstić information content (AvgIpc) is 2.62. The van der Waals surface area contributed by atoms with Gasteiger partial charge in [-0.3, -0.25) is 9.59 Å². The maximum Gasteiger partial charge on any atom is 0.287 e. The Hall–Kier alpha value is -1.82. The number of rotatable bonds is 5. The van der Waals surface area contributed by atoms with Crippen LogP contribution >= 0.6 is 0 Å². The number of nitrogens with one attached hydrogen (secondary N) is 1. The normalized spacial score (nSPS) is 11.2. The predicted octanol–water partition coefficient (Wildman–Crippen LogP) is 0.122. The van der Waals surface area contributed by atoms with Crippen LogP contribution in [0.15, 0.2) is 16.5 Å². The molecule has 0 saturated heterocycles. The molecule has 5 N–H and O–H groups in total. The minimum absolute atomic E-state index is 0.0587. The van der Waals surface area contributed by atoms with E-state index in [0.29, 0.717) is 5.76 Å². The monoisotopic (exact) mass is 239 g/mol. The van der Waals surface area contributed by atoms with Gasteiger partial charge in [-0.15, -0.1) is 0 Å². The molecule has 0 aliphatic rings. The van der Waals surface area contributed by atoms with Crippen LogP contribution in [0.5, 0.6) is 0 Å². The van der Waals surface area contributed by atoms with Crippen LogP contribution in [0.2, 0.25) is 0 Å². The van der Waals surface area contributed by atoms with E-state index in [1.165, 1.54) is 6.07 Å². The topological polar surface area (TPSA) is 111 Å². The molecule has 1 rings (SSSR count). The van der Waals surface area contributed by atoms with Gasteiger partial charge in [-0.2, -0.15) is 0 Å². The second kappa shape index (κ2) is 5.01. The number of carbonyl (C=O) groups is 2. The molecule has 0 radical (unpaired) electrons. The first-order chi connectivity index (χ1) is 7.84. The van der Waals surface area contributed by atoms with Gasteiger partial charge >= 0.3 is 0 Å². The Labute approximate surface area is 99.3 Å². The highest BCUT2D eigenvalue weighted by Crippen LogP contribution is 2.12. The highest BCUT2D eigenvalue weighted by molar-refractivity contribution is 5.92. The summed E-state index contributed by atoms with van der Waals surface area (Å²) in [5.74, 6) is -0.167. The Morgan fingerprint density at radius 1 is 1.41 bits per heavy atom. The molecule has 0 aliphatic carbocycles. The minimum Gasteiger partial charge on any atom is -0.455 e. The number of hydrogen-bond acceptors (Lipinski definition) is 4. The fourth-order valence-corrected chi connectivity index (χ4v) is 1.46. The van der Waals surface area contributed by atoms with Crippen LogP contribution in [0.25, 0.3) is 0 Å². The van der Waals surface area contributed by atoms with Gasteiger partial charge in [0.1, 0.15) is 5.76 Å². The Bertz CT molecular complexity index is 423. The van der Waals surface area contributed by atoms with Gasteiger partial charge in [-0.1, -0.05) is 0 Å². The van der Waals surface area contributed by atoms with Crippen molar-refractivity contribution in [3.63, 3.8) is 0 Å². The van der Waals surface area contributed by atoms with Gasteiger partial charge in [-0.05, 0) is 26.0 Å². The van der Waals surface area contributed by atoms with Crippen molar-refractivity contribution in [2.75, 3.05) is 0 Å². The minimum atomic E-state index is -0.710. The van der Waals surface area contributed by atoms with Crippen LogP contribution in [0, 0.1) is 0 Å². The molecule has 1 aromatic heterocycles. The van der Waals surface area contributed by atoms with E-state index in [9.17, 15) is 9.59 Å². The predicted molar refractivity (Wildman–Crippen MR) is 62.0 cm³/mol. The summed E-state index contributed by atoms with van der Waals surface area (Å²) in [7, 11) is 0. The van der Waals surface area contributed by atoms with Crippen molar-refractivity contribution in [3.8, 4) is 0 Å². The summed E-state index contributed by atoms with van der Waals surface area (Å²) in [4.78, 5) is 22.6. The molecule has 0 unspecified atom stereocenters. The lowest BCUT2D eigenvalue weighted by Gasteiger charge is -2.23. The SMILES string of the molecule is CC(C)(CC(N)=O)NC(=O)c1ccc(CN)o1. The van der Waals surface area contributed by atoms with Crippen LogP contribution in [0.1, 0.15) is 36.6 Å². The van der Waals surface area contributed by atoms with E-state index in [1.54, 1.807) is 19.9 Å². The molecule has 0 spiro atoms. The van der Waals surface area contributed by atoms with Gasteiger partial charge in [-0.25, -0.2) is 0 Å². The van der Waals surface area contributed by atoms with Gasteiger partial charge in [0, 0.05) is 12.0 Å². The third-order valence-corrected chi connectivity index (χ3v) is 2.15. The summed E-state index contributed by atoms with van der Waals surface area (Å²) >= 11 is 0. The first kappa shape index (κ1) is 13.2. The molecule has 0 aromatic carbocycles. The molecule has 6 nitrogen and oxygen atoms in total. The van der Waals surface area contributed by atoms with Crippen LogP contribution in [-0.4, -0.2) is 17.4 Å². The Kier molecular flexibility index (Phi) is 3.90. The summed E-state index contributed by atoms with van der Waals surface area (Å²) < 4.78 is 5.19. The zero-order valence-electron chi connectivity index (χ0n) is 9.95. The zero-order chi connectivity index (χ0) is 13.1. The number of furan rings is 1. The van der Waals surface area contributed by atoms with Crippen molar-refractivity contribution in [1.29, 1.82) is 0 Å². The standard InChI is InChI=1S/C11H17N3O3/c1-11(2,5-9(13)15)14-10(16)8-4-3-7(6-12)17-8/h3-4H,5-6,12H2,1-2H3,(H2,13,15)(H,14,16). The number of primary amides is 1. The molecule has 17 heavy (non-hydrogen) atoms. The number of hydrogen-bond donors (Lipinski definition) is 3. The average molecular weight is 239 g/mol. The summed E-state index contributed by atoms with van der Waals surface area (Å²) in [5.41, 5.74) is 9.75. The molecule has 0 fully saturated rings. The summed E-state index contributed by atoms with van der Waals surface area (Å²) in [6.07, 6.45) is 0.0587. The van der Waals surface area contributed by atoms with Crippen LogP contribution in [-0.2, 0) is 11.3 Å². The summed E-state index contributed by atoms with van der Waals surface area (Å²) in [6.45, 7) is 3.66. The third-order valence-electron chi connectivity index (χ3n) is 2.15. The summed E-state index contributed by atoms with van der Waals surface area (Å²) in [6, 6.07) is 3.17. The quantitative estimate of drug-likeness (QED) is 0.677. The van der Waals surface area contributed by atoms with Crippen molar-refractivity contribution in [2.24, 2.45) is 11.5 Å². The fourth-order valence-electron chi connectivity index (χ4n) is 1.46. The molecule has 6 heteroatoms.